The summed E-state index contributed by atoms with van der Waals surface area (Å²) in [6.45, 7) is 3.27. The van der Waals surface area contributed by atoms with E-state index in [0.717, 1.165) is 25.2 Å². The smallest absolute Gasteiger partial charge is 0.0746 e. The lowest BCUT2D eigenvalue weighted by Crippen LogP contribution is -2.40. The lowest BCUT2D eigenvalue weighted by atomic mass is 10.0. The van der Waals surface area contributed by atoms with Crippen LogP contribution in [0.5, 0.6) is 0 Å². The Bertz CT molecular complexity index is 547. The van der Waals surface area contributed by atoms with Gasteiger partial charge in [-0.3, -0.25) is 9.88 Å². The van der Waals surface area contributed by atoms with Gasteiger partial charge in [0.25, 0.3) is 0 Å². The van der Waals surface area contributed by atoms with Crippen LogP contribution >= 0.6 is 12.4 Å². The van der Waals surface area contributed by atoms with Gasteiger partial charge in [-0.1, -0.05) is 24.3 Å². The van der Waals surface area contributed by atoms with E-state index in [0.29, 0.717) is 6.04 Å². The van der Waals surface area contributed by atoms with E-state index in [1.807, 2.05) is 12.3 Å². The molecule has 1 fully saturated rings. The SMILES string of the molecule is CN(Cc1cccc2cccnc12)C1CCNCC1.Cl. The van der Waals surface area contributed by atoms with Gasteiger partial charge in [-0.05, 0) is 44.6 Å². The monoisotopic (exact) mass is 291 g/mol. The maximum atomic E-state index is 4.54. The van der Waals surface area contributed by atoms with E-state index in [4.69, 9.17) is 0 Å². The van der Waals surface area contributed by atoms with Crippen molar-refractivity contribution in [3.63, 3.8) is 0 Å². The van der Waals surface area contributed by atoms with Crippen LogP contribution in [0.4, 0.5) is 0 Å². The Hall–Kier alpha value is -1.16. The topological polar surface area (TPSA) is 28.2 Å². The number of hydrogen-bond acceptors (Lipinski definition) is 3. The fraction of sp³-hybridized carbons (Fsp3) is 0.438. The number of halogens is 1. The second-order valence-electron chi connectivity index (χ2n) is 5.39. The Kier molecular flexibility index (Phi) is 5.35. The number of nitrogens with one attached hydrogen (secondary N) is 1. The average molecular weight is 292 g/mol. The molecule has 1 aromatic heterocycles. The molecule has 0 aliphatic carbocycles. The van der Waals surface area contributed by atoms with Crippen LogP contribution in [0.25, 0.3) is 10.9 Å². The maximum Gasteiger partial charge on any atom is 0.0746 e. The van der Waals surface area contributed by atoms with E-state index in [9.17, 15) is 0 Å². The number of fused-ring (bicyclic) bond motifs is 1. The van der Waals surface area contributed by atoms with Crippen molar-refractivity contribution in [2.24, 2.45) is 0 Å². The van der Waals surface area contributed by atoms with Gasteiger partial charge in [-0.25, -0.2) is 0 Å². The molecule has 0 saturated carbocycles. The molecule has 2 heterocycles. The molecule has 3 rings (SSSR count). The lowest BCUT2D eigenvalue weighted by molar-refractivity contribution is 0.192. The third kappa shape index (κ3) is 3.29. The quantitative estimate of drug-likeness (QED) is 0.942. The van der Waals surface area contributed by atoms with E-state index < -0.39 is 0 Å². The summed E-state index contributed by atoms with van der Waals surface area (Å²) in [6, 6.07) is 11.3. The number of hydrogen-bond donors (Lipinski definition) is 1. The summed E-state index contributed by atoms with van der Waals surface area (Å²) in [5.41, 5.74) is 2.48. The van der Waals surface area contributed by atoms with Gasteiger partial charge in [0, 0.05) is 24.2 Å². The van der Waals surface area contributed by atoms with Gasteiger partial charge in [0.05, 0.1) is 5.52 Å². The molecule has 1 saturated heterocycles. The molecule has 2 aromatic rings. The first-order valence-electron chi connectivity index (χ1n) is 7.08. The van der Waals surface area contributed by atoms with Crippen molar-refractivity contribution in [1.29, 1.82) is 0 Å². The van der Waals surface area contributed by atoms with E-state index in [2.05, 4.69) is 46.5 Å². The molecular formula is C16H22ClN3. The van der Waals surface area contributed by atoms with Crippen LogP contribution in [0.1, 0.15) is 18.4 Å². The number of para-hydroxylation sites is 1. The Morgan fingerprint density at radius 3 is 2.75 bits per heavy atom. The van der Waals surface area contributed by atoms with Crippen molar-refractivity contribution in [1.82, 2.24) is 15.2 Å². The summed E-state index contributed by atoms with van der Waals surface area (Å²) in [5, 5.41) is 4.66. The van der Waals surface area contributed by atoms with Gasteiger partial charge >= 0.3 is 0 Å². The highest BCUT2D eigenvalue weighted by Gasteiger charge is 2.18. The minimum absolute atomic E-state index is 0. The third-order valence-corrected chi connectivity index (χ3v) is 4.07. The molecule has 3 nitrogen and oxygen atoms in total. The van der Waals surface area contributed by atoms with Gasteiger partial charge in [0.2, 0.25) is 0 Å². The average Bonchev–Trinajstić information content (AvgIpc) is 2.48. The van der Waals surface area contributed by atoms with Crippen molar-refractivity contribution in [3.05, 3.63) is 42.1 Å². The van der Waals surface area contributed by atoms with Crippen LogP contribution in [0.2, 0.25) is 0 Å². The van der Waals surface area contributed by atoms with Crippen molar-refractivity contribution in [2.75, 3.05) is 20.1 Å². The third-order valence-electron chi connectivity index (χ3n) is 4.07. The zero-order valence-electron chi connectivity index (χ0n) is 11.9. The molecule has 0 spiro atoms. The van der Waals surface area contributed by atoms with Gasteiger partial charge in [0.15, 0.2) is 0 Å². The zero-order chi connectivity index (χ0) is 13.1. The number of pyridine rings is 1. The van der Waals surface area contributed by atoms with E-state index in [1.54, 1.807) is 0 Å². The Labute approximate surface area is 126 Å². The van der Waals surface area contributed by atoms with Gasteiger partial charge in [-0.2, -0.15) is 0 Å². The van der Waals surface area contributed by atoms with Crippen LogP contribution in [-0.2, 0) is 6.54 Å². The summed E-state index contributed by atoms with van der Waals surface area (Å²) < 4.78 is 0. The highest BCUT2D eigenvalue weighted by atomic mass is 35.5. The number of rotatable bonds is 3. The largest absolute Gasteiger partial charge is 0.317 e. The van der Waals surface area contributed by atoms with Crippen LogP contribution in [-0.4, -0.2) is 36.1 Å². The maximum absolute atomic E-state index is 4.54. The van der Waals surface area contributed by atoms with Crippen LogP contribution in [0, 0.1) is 0 Å². The molecule has 108 valence electrons. The minimum Gasteiger partial charge on any atom is -0.317 e. The molecule has 0 unspecified atom stereocenters. The van der Waals surface area contributed by atoms with E-state index in [1.165, 1.54) is 23.8 Å². The number of piperidine rings is 1. The molecule has 4 heteroatoms. The van der Waals surface area contributed by atoms with Gasteiger partial charge in [-0.15, -0.1) is 12.4 Å². The summed E-state index contributed by atoms with van der Waals surface area (Å²) >= 11 is 0. The molecule has 1 aromatic carbocycles. The summed E-state index contributed by atoms with van der Waals surface area (Å²) in [4.78, 5) is 7.02. The predicted octanol–water partition coefficient (Wildman–Crippen LogP) is 2.84. The van der Waals surface area contributed by atoms with Gasteiger partial charge in [0.1, 0.15) is 0 Å². The molecule has 0 bridgehead atoms. The highest BCUT2D eigenvalue weighted by Crippen LogP contribution is 2.19. The van der Waals surface area contributed by atoms with Crippen molar-refractivity contribution in [2.45, 2.75) is 25.4 Å². The first kappa shape index (κ1) is 15.2. The fourth-order valence-electron chi connectivity index (χ4n) is 2.94. The summed E-state index contributed by atoms with van der Waals surface area (Å²) in [5.74, 6) is 0. The molecule has 20 heavy (non-hydrogen) atoms. The minimum atomic E-state index is 0. The molecule has 0 amide bonds. The number of aromatic nitrogens is 1. The van der Waals surface area contributed by atoms with E-state index in [-0.39, 0.29) is 12.4 Å². The second kappa shape index (κ2) is 7.02. The van der Waals surface area contributed by atoms with E-state index >= 15 is 0 Å². The van der Waals surface area contributed by atoms with Crippen molar-refractivity contribution >= 4 is 23.3 Å². The lowest BCUT2D eigenvalue weighted by Gasteiger charge is -2.31. The Morgan fingerprint density at radius 2 is 1.95 bits per heavy atom. The van der Waals surface area contributed by atoms with Crippen LogP contribution < -0.4 is 5.32 Å². The van der Waals surface area contributed by atoms with Crippen LogP contribution in [0.3, 0.4) is 0 Å². The number of benzene rings is 1. The molecule has 0 atom stereocenters. The first-order chi connectivity index (χ1) is 9.34. The summed E-state index contributed by atoms with van der Waals surface area (Å²) in [7, 11) is 2.23. The Balaban J connectivity index is 0.00000147. The normalized spacial score (nSPS) is 16.3. The Morgan fingerprint density at radius 1 is 1.20 bits per heavy atom. The van der Waals surface area contributed by atoms with Gasteiger partial charge < -0.3 is 5.32 Å². The molecule has 1 aliphatic rings. The molecular weight excluding hydrogens is 270 g/mol. The van der Waals surface area contributed by atoms with Crippen molar-refractivity contribution in [3.8, 4) is 0 Å². The first-order valence-corrected chi connectivity index (χ1v) is 7.08. The molecule has 0 radical (unpaired) electrons. The molecule has 1 N–H and O–H groups in total. The highest BCUT2D eigenvalue weighted by molar-refractivity contribution is 5.85. The summed E-state index contributed by atoms with van der Waals surface area (Å²) in [6.07, 6.45) is 4.37. The number of nitrogens with zero attached hydrogens (tertiary/aromatic N) is 2. The van der Waals surface area contributed by atoms with Crippen LogP contribution in [0.15, 0.2) is 36.5 Å². The molecule has 1 aliphatic heterocycles. The van der Waals surface area contributed by atoms with Crippen molar-refractivity contribution < 1.29 is 0 Å². The standard InChI is InChI=1S/C16H21N3.ClH/c1-19(15-7-10-17-11-8-15)12-14-5-2-4-13-6-3-9-18-16(13)14;/h2-6,9,15,17H,7-8,10-12H2,1H3;1H. The zero-order valence-corrected chi connectivity index (χ0v) is 12.7. The predicted molar refractivity (Wildman–Crippen MR) is 86.3 cm³/mol. The second-order valence-corrected chi connectivity index (χ2v) is 5.39. The fourth-order valence-corrected chi connectivity index (χ4v) is 2.94.